The monoisotopic (exact) mass is 303 g/mol. The van der Waals surface area contributed by atoms with E-state index in [-0.39, 0.29) is 12.3 Å². The number of anilines is 1. The van der Waals surface area contributed by atoms with E-state index < -0.39 is 11.9 Å². The molecule has 116 valence electrons. The van der Waals surface area contributed by atoms with Crippen molar-refractivity contribution in [2.45, 2.75) is 19.4 Å². The fourth-order valence-electron chi connectivity index (χ4n) is 2.13. The van der Waals surface area contributed by atoms with Gasteiger partial charge in [0.15, 0.2) is 0 Å². The molecule has 0 radical (unpaired) electrons. The average Bonchev–Trinajstić information content (AvgIpc) is 2.47. The number of carbonyl (C=O) groups excluding carboxylic acids is 1. The number of aliphatic hydroxyl groups is 1. The molecule has 0 heterocycles. The van der Waals surface area contributed by atoms with Gasteiger partial charge in [0.05, 0.1) is 25.3 Å². The number of hydrogen-bond donors (Lipinski definition) is 2. The van der Waals surface area contributed by atoms with Crippen LogP contribution in [-0.4, -0.2) is 18.1 Å². The molecule has 0 aromatic heterocycles. The Hall–Kier alpha value is -2.40. The lowest BCUT2D eigenvalue weighted by molar-refractivity contribution is -0.118. The van der Waals surface area contributed by atoms with Crippen molar-refractivity contribution < 1.29 is 19.0 Å². The number of ether oxygens (including phenoxy) is 1. The molecular weight excluding hydrogens is 285 g/mol. The summed E-state index contributed by atoms with van der Waals surface area (Å²) in [5, 5.41) is 12.7. The molecule has 0 bridgehead atoms. The van der Waals surface area contributed by atoms with E-state index in [4.69, 9.17) is 4.74 Å². The zero-order valence-electron chi connectivity index (χ0n) is 12.5. The van der Waals surface area contributed by atoms with Gasteiger partial charge < -0.3 is 15.2 Å². The maximum Gasteiger partial charge on any atom is 0.227 e. The van der Waals surface area contributed by atoms with E-state index in [1.807, 2.05) is 13.0 Å². The maximum absolute atomic E-state index is 13.1. The Morgan fingerprint density at radius 1 is 1.32 bits per heavy atom. The zero-order chi connectivity index (χ0) is 16.1. The SMILES string of the molecule is COc1ccc(C)cc1NC(=O)CC(O)c1cccc(F)c1. The Bertz CT molecular complexity index is 673. The highest BCUT2D eigenvalue weighted by molar-refractivity contribution is 5.92. The molecule has 0 aliphatic rings. The van der Waals surface area contributed by atoms with Gasteiger partial charge in [-0.05, 0) is 42.3 Å². The molecular formula is C17H18FNO3. The minimum absolute atomic E-state index is 0.166. The first kappa shape index (κ1) is 16.0. The van der Waals surface area contributed by atoms with Crippen molar-refractivity contribution in [2.24, 2.45) is 0 Å². The number of hydrogen-bond acceptors (Lipinski definition) is 3. The summed E-state index contributed by atoms with van der Waals surface area (Å²) in [7, 11) is 1.52. The van der Waals surface area contributed by atoms with Crippen molar-refractivity contribution in [2.75, 3.05) is 12.4 Å². The Labute approximate surface area is 128 Å². The number of rotatable bonds is 5. The Balaban J connectivity index is 2.05. The summed E-state index contributed by atoms with van der Waals surface area (Å²) in [5.74, 6) is -0.280. The molecule has 0 aliphatic carbocycles. The van der Waals surface area contributed by atoms with E-state index in [2.05, 4.69) is 5.32 Å². The van der Waals surface area contributed by atoms with Crippen molar-refractivity contribution in [3.05, 3.63) is 59.4 Å². The molecule has 2 aromatic rings. The quantitative estimate of drug-likeness (QED) is 0.891. The van der Waals surface area contributed by atoms with Crippen LogP contribution in [0.25, 0.3) is 0 Å². The van der Waals surface area contributed by atoms with Gasteiger partial charge in [-0.25, -0.2) is 4.39 Å². The molecule has 2 aromatic carbocycles. The Morgan fingerprint density at radius 2 is 2.09 bits per heavy atom. The third-order valence-electron chi connectivity index (χ3n) is 3.24. The Morgan fingerprint density at radius 3 is 2.77 bits per heavy atom. The third kappa shape index (κ3) is 4.05. The first-order valence-electron chi connectivity index (χ1n) is 6.87. The molecule has 0 aliphatic heterocycles. The lowest BCUT2D eigenvalue weighted by Crippen LogP contribution is -2.16. The summed E-state index contributed by atoms with van der Waals surface area (Å²) < 4.78 is 18.3. The smallest absolute Gasteiger partial charge is 0.227 e. The second kappa shape index (κ2) is 7.04. The number of aryl methyl sites for hydroxylation is 1. The number of halogens is 1. The predicted molar refractivity (Wildman–Crippen MR) is 82.3 cm³/mol. The van der Waals surface area contributed by atoms with Crippen molar-refractivity contribution in [1.29, 1.82) is 0 Å². The maximum atomic E-state index is 13.1. The summed E-state index contributed by atoms with van der Waals surface area (Å²) in [5.41, 5.74) is 1.88. The second-order valence-electron chi connectivity index (χ2n) is 5.03. The average molecular weight is 303 g/mol. The molecule has 2 rings (SSSR count). The van der Waals surface area contributed by atoms with Gasteiger partial charge in [-0.15, -0.1) is 0 Å². The van der Waals surface area contributed by atoms with Gasteiger partial charge in [0.1, 0.15) is 11.6 Å². The minimum atomic E-state index is -1.06. The van der Waals surface area contributed by atoms with Crippen LogP contribution in [-0.2, 0) is 4.79 Å². The highest BCUT2D eigenvalue weighted by Gasteiger charge is 2.15. The summed E-state index contributed by atoms with van der Waals surface area (Å²) >= 11 is 0. The van der Waals surface area contributed by atoms with Crippen LogP contribution in [0.4, 0.5) is 10.1 Å². The number of methoxy groups -OCH3 is 1. The zero-order valence-corrected chi connectivity index (χ0v) is 12.5. The van der Waals surface area contributed by atoms with Crippen LogP contribution < -0.4 is 10.1 Å². The van der Waals surface area contributed by atoms with Crippen LogP contribution in [0.15, 0.2) is 42.5 Å². The summed E-state index contributed by atoms with van der Waals surface area (Å²) in [6, 6.07) is 11.0. The van der Waals surface area contributed by atoms with Crippen LogP contribution in [0, 0.1) is 12.7 Å². The van der Waals surface area contributed by atoms with E-state index in [1.165, 1.54) is 25.3 Å². The van der Waals surface area contributed by atoms with Crippen LogP contribution in [0.5, 0.6) is 5.75 Å². The molecule has 5 heteroatoms. The normalized spacial score (nSPS) is 11.8. The number of amides is 1. The molecule has 0 saturated heterocycles. The van der Waals surface area contributed by atoms with Gasteiger partial charge in [-0.2, -0.15) is 0 Å². The van der Waals surface area contributed by atoms with Gasteiger partial charge >= 0.3 is 0 Å². The molecule has 0 spiro atoms. The van der Waals surface area contributed by atoms with Crippen molar-refractivity contribution in [3.8, 4) is 5.75 Å². The first-order chi connectivity index (χ1) is 10.5. The van der Waals surface area contributed by atoms with Gasteiger partial charge in [0, 0.05) is 0 Å². The van der Waals surface area contributed by atoms with Crippen LogP contribution in [0.2, 0.25) is 0 Å². The standard InChI is InChI=1S/C17H18FNO3/c1-11-6-7-16(22-2)14(8-11)19-17(21)10-15(20)12-4-3-5-13(18)9-12/h3-9,15,20H,10H2,1-2H3,(H,19,21). The largest absolute Gasteiger partial charge is 0.495 e. The van der Waals surface area contributed by atoms with Gasteiger partial charge in [0.25, 0.3) is 0 Å². The van der Waals surface area contributed by atoms with Gasteiger partial charge in [-0.3, -0.25) is 4.79 Å². The van der Waals surface area contributed by atoms with Crippen LogP contribution >= 0.6 is 0 Å². The highest BCUT2D eigenvalue weighted by atomic mass is 19.1. The highest BCUT2D eigenvalue weighted by Crippen LogP contribution is 2.26. The molecule has 1 unspecified atom stereocenters. The summed E-state index contributed by atoms with van der Waals surface area (Å²) in [4.78, 5) is 12.0. The van der Waals surface area contributed by atoms with Gasteiger partial charge in [0.2, 0.25) is 5.91 Å². The molecule has 1 amide bonds. The van der Waals surface area contributed by atoms with E-state index >= 15 is 0 Å². The topological polar surface area (TPSA) is 58.6 Å². The molecule has 1 atom stereocenters. The molecule has 2 N–H and O–H groups in total. The molecule has 0 saturated carbocycles. The minimum Gasteiger partial charge on any atom is -0.495 e. The van der Waals surface area contributed by atoms with Crippen molar-refractivity contribution in [1.82, 2.24) is 0 Å². The third-order valence-corrected chi connectivity index (χ3v) is 3.24. The van der Waals surface area contributed by atoms with Gasteiger partial charge in [-0.1, -0.05) is 18.2 Å². The molecule has 22 heavy (non-hydrogen) atoms. The number of aliphatic hydroxyl groups excluding tert-OH is 1. The predicted octanol–water partition coefficient (Wildman–Crippen LogP) is 3.20. The van der Waals surface area contributed by atoms with Crippen LogP contribution in [0.1, 0.15) is 23.7 Å². The second-order valence-corrected chi connectivity index (χ2v) is 5.03. The van der Waals surface area contributed by atoms with Crippen LogP contribution in [0.3, 0.4) is 0 Å². The first-order valence-corrected chi connectivity index (χ1v) is 6.87. The van der Waals surface area contributed by atoms with E-state index in [1.54, 1.807) is 18.2 Å². The number of nitrogens with one attached hydrogen (secondary N) is 1. The molecule has 4 nitrogen and oxygen atoms in total. The Kier molecular flexibility index (Phi) is 5.12. The van der Waals surface area contributed by atoms with Crippen molar-refractivity contribution in [3.63, 3.8) is 0 Å². The number of carbonyl (C=O) groups is 1. The lowest BCUT2D eigenvalue weighted by Gasteiger charge is -2.14. The number of benzene rings is 2. The van der Waals surface area contributed by atoms with E-state index in [9.17, 15) is 14.3 Å². The van der Waals surface area contributed by atoms with E-state index in [0.717, 1.165) is 5.56 Å². The van der Waals surface area contributed by atoms with E-state index in [0.29, 0.717) is 17.0 Å². The molecule has 0 fully saturated rings. The fraction of sp³-hybridized carbons (Fsp3) is 0.235. The lowest BCUT2D eigenvalue weighted by atomic mass is 10.1. The summed E-state index contributed by atoms with van der Waals surface area (Å²) in [6.45, 7) is 1.90. The summed E-state index contributed by atoms with van der Waals surface area (Å²) in [6.07, 6.45) is -1.23. The van der Waals surface area contributed by atoms with Crippen molar-refractivity contribution >= 4 is 11.6 Å². The fourth-order valence-corrected chi connectivity index (χ4v) is 2.13.